The van der Waals surface area contributed by atoms with E-state index in [4.69, 9.17) is 4.42 Å². The molecule has 0 aliphatic carbocycles. The quantitative estimate of drug-likeness (QED) is 0.483. The van der Waals surface area contributed by atoms with Crippen molar-refractivity contribution in [2.45, 2.75) is 31.7 Å². The molecule has 5 rings (SSSR count). The first-order valence-corrected chi connectivity index (χ1v) is 10.3. The Bertz CT molecular complexity index is 1170. The van der Waals surface area contributed by atoms with Gasteiger partial charge in [0.1, 0.15) is 6.04 Å². The highest BCUT2D eigenvalue weighted by Gasteiger charge is 2.31. The molecule has 1 saturated heterocycles. The monoisotopic (exact) mass is 398 g/mol. The van der Waals surface area contributed by atoms with Crippen LogP contribution in [-0.4, -0.2) is 32.5 Å². The maximum atomic E-state index is 13.5. The number of hydrogen-bond donors (Lipinski definition) is 0. The number of aromatic nitrogens is 3. The van der Waals surface area contributed by atoms with Crippen molar-refractivity contribution in [2.24, 2.45) is 0 Å². The van der Waals surface area contributed by atoms with Gasteiger partial charge >= 0.3 is 0 Å². The summed E-state index contributed by atoms with van der Waals surface area (Å²) in [6, 6.07) is 19.0. The fourth-order valence-electron chi connectivity index (χ4n) is 4.05. The number of rotatable bonds is 3. The average Bonchev–Trinajstić information content (AvgIpc) is 3.17. The van der Waals surface area contributed by atoms with Gasteiger partial charge in [-0.3, -0.25) is 9.78 Å². The second-order valence-corrected chi connectivity index (χ2v) is 7.59. The summed E-state index contributed by atoms with van der Waals surface area (Å²) in [5.41, 5.74) is 2.42. The van der Waals surface area contributed by atoms with Gasteiger partial charge in [-0.1, -0.05) is 37.1 Å². The molecule has 150 valence electrons. The third-order valence-electron chi connectivity index (χ3n) is 5.61. The number of pyridine rings is 1. The lowest BCUT2D eigenvalue weighted by Crippen LogP contribution is -2.35. The van der Waals surface area contributed by atoms with E-state index in [1.807, 2.05) is 65.6 Å². The van der Waals surface area contributed by atoms with Crippen molar-refractivity contribution >= 4 is 16.8 Å². The molecule has 1 unspecified atom stereocenters. The van der Waals surface area contributed by atoms with Gasteiger partial charge in [0.25, 0.3) is 5.91 Å². The first kappa shape index (κ1) is 18.5. The maximum Gasteiger partial charge on any atom is 0.254 e. The van der Waals surface area contributed by atoms with Crippen molar-refractivity contribution in [3.63, 3.8) is 0 Å². The highest BCUT2D eigenvalue weighted by atomic mass is 16.4. The molecule has 6 nitrogen and oxygen atoms in total. The summed E-state index contributed by atoms with van der Waals surface area (Å²) in [6.07, 6.45) is 5.66. The van der Waals surface area contributed by atoms with Crippen molar-refractivity contribution < 1.29 is 9.21 Å². The Labute approximate surface area is 174 Å². The minimum absolute atomic E-state index is 0.00730. The van der Waals surface area contributed by atoms with E-state index in [9.17, 15) is 4.79 Å². The summed E-state index contributed by atoms with van der Waals surface area (Å²) < 4.78 is 6.03. The molecule has 6 heteroatoms. The molecule has 0 bridgehead atoms. The fraction of sp³-hybridized carbons (Fsp3) is 0.250. The van der Waals surface area contributed by atoms with E-state index < -0.39 is 0 Å². The van der Waals surface area contributed by atoms with Gasteiger partial charge in [0.15, 0.2) is 0 Å². The summed E-state index contributed by atoms with van der Waals surface area (Å²) in [5, 5.41) is 9.51. The first-order chi connectivity index (χ1) is 14.8. The molecule has 1 aliphatic heterocycles. The highest BCUT2D eigenvalue weighted by molar-refractivity contribution is 5.98. The van der Waals surface area contributed by atoms with Gasteiger partial charge in [-0.15, -0.1) is 10.2 Å². The Morgan fingerprint density at radius 2 is 1.87 bits per heavy atom. The smallest absolute Gasteiger partial charge is 0.254 e. The SMILES string of the molecule is O=C(c1ccc2ncccc2c1)N1CCCCCC1c1nnc(-c2ccccc2)o1. The summed E-state index contributed by atoms with van der Waals surface area (Å²) in [6.45, 7) is 0.678. The molecule has 1 aliphatic rings. The molecule has 4 aromatic rings. The highest BCUT2D eigenvalue weighted by Crippen LogP contribution is 2.32. The molecule has 1 amide bonds. The van der Waals surface area contributed by atoms with Crippen LogP contribution in [0.15, 0.2) is 71.3 Å². The molecule has 3 heterocycles. The molecule has 0 radical (unpaired) electrons. The predicted molar refractivity (Wildman–Crippen MR) is 114 cm³/mol. The zero-order chi connectivity index (χ0) is 20.3. The Morgan fingerprint density at radius 1 is 0.967 bits per heavy atom. The largest absolute Gasteiger partial charge is 0.418 e. The van der Waals surface area contributed by atoms with Crippen molar-refractivity contribution in [3.05, 3.63) is 78.3 Å². The van der Waals surface area contributed by atoms with Gasteiger partial charge in [0, 0.05) is 29.3 Å². The van der Waals surface area contributed by atoms with Crippen LogP contribution in [0.25, 0.3) is 22.4 Å². The van der Waals surface area contributed by atoms with E-state index in [1.54, 1.807) is 6.20 Å². The number of carbonyl (C=O) groups excluding carboxylic acids is 1. The minimum Gasteiger partial charge on any atom is -0.418 e. The van der Waals surface area contributed by atoms with Crippen LogP contribution in [0.4, 0.5) is 0 Å². The normalized spacial score (nSPS) is 17.1. The lowest BCUT2D eigenvalue weighted by atomic mass is 10.1. The number of hydrogen-bond acceptors (Lipinski definition) is 5. The van der Waals surface area contributed by atoms with Crippen LogP contribution >= 0.6 is 0 Å². The second-order valence-electron chi connectivity index (χ2n) is 7.59. The maximum absolute atomic E-state index is 13.5. The van der Waals surface area contributed by atoms with E-state index in [-0.39, 0.29) is 11.9 Å². The van der Waals surface area contributed by atoms with Gasteiger partial charge < -0.3 is 9.32 Å². The van der Waals surface area contributed by atoms with Crippen molar-refractivity contribution in [3.8, 4) is 11.5 Å². The number of nitrogens with zero attached hydrogens (tertiary/aromatic N) is 4. The number of fused-ring (bicyclic) bond motifs is 1. The van der Waals surface area contributed by atoms with Gasteiger partial charge in [-0.2, -0.15) is 0 Å². The van der Waals surface area contributed by atoms with Crippen LogP contribution in [0.5, 0.6) is 0 Å². The Hall–Kier alpha value is -3.54. The van der Waals surface area contributed by atoms with Crippen molar-refractivity contribution in [1.82, 2.24) is 20.1 Å². The fourth-order valence-corrected chi connectivity index (χ4v) is 4.05. The van der Waals surface area contributed by atoms with Crippen LogP contribution in [0.3, 0.4) is 0 Å². The Kier molecular flexibility index (Phi) is 4.97. The summed E-state index contributed by atoms with van der Waals surface area (Å²) in [5.74, 6) is 0.984. The number of benzene rings is 2. The van der Waals surface area contributed by atoms with Crippen LogP contribution in [0.1, 0.15) is 48.0 Å². The van der Waals surface area contributed by atoms with E-state index in [2.05, 4.69) is 15.2 Å². The molecule has 2 aromatic heterocycles. The first-order valence-electron chi connectivity index (χ1n) is 10.3. The second kappa shape index (κ2) is 8.06. The van der Waals surface area contributed by atoms with Crippen LogP contribution in [0.2, 0.25) is 0 Å². The average molecular weight is 398 g/mol. The molecule has 30 heavy (non-hydrogen) atoms. The molecule has 0 spiro atoms. The van der Waals surface area contributed by atoms with E-state index in [0.29, 0.717) is 23.9 Å². The van der Waals surface area contributed by atoms with Gasteiger partial charge in [-0.25, -0.2) is 0 Å². The molecule has 0 saturated carbocycles. The zero-order valence-electron chi connectivity index (χ0n) is 16.6. The van der Waals surface area contributed by atoms with E-state index in [0.717, 1.165) is 42.1 Å². The lowest BCUT2D eigenvalue weighted by molar-refractivity contribution is 0.0653. The topological polar surface area (TPSA) is 72.1 Å². The molecular weight excluding hydrogens is 376 g/mol. The molecule has 0 N–H and O–H groups in total. The number of likely N-dealkylation sites (tertiary alicyclic amines) is 1. The van der Waals surface area contributed by atoms with Gasteiger partial charge in [0.2, 0.25) is 11.8 Å². The third-order valence-corrected chi connectivity index (χ3v) is 5.61. The van der Waals surface area contributed by atoms with Gasteiger partial charge in [0.05, 0.1) is 5.52 Å². The number of carbonyl (C=O) groups is 1. The van der Waals surface area contributed by atoms with Crippen LogP contribution < -0.4 is 0 Å². The molecule has 1 fully saturated rings. The molecular formula is C24H22N4O2. The molecule has 2 aromatic carbocycles. The lowest BCUT2D eigenvalue weighted by Gasteiger charge is -2.27. The van der Waals surface area contributed by atoms with Crippen LogP contribution in [0, 0.1) is 0 Å². The summed E-state index contributed by atoms with van der Waals surface area (Å²) in [4.78, 5) is 19.7. The third kappa shape index (κ3) is 3.56. The van der Waals surface area contributed by atoms with Crippen molar-refractivity contribution in [1.29, 1.82) is 0 Å². The van der Waals surface area contributed by atoms with Crippen molar-refractivity contribution in [2.75, 3.05) is 6.54 Å². The van der Waals surface area contributed by atoms with E-state index >= 15 is 0 Å². The summed E-state index contributed by atoms with van der Waals surface area (Å²) in [7, 11) is 0. The number of amides is 1. The predicted octanol–water partition coefficient (Wildman–Crippen LogP) is 5.04. The van der Waals surface area contributed by atoms with E-state index in [1.165, 1.54) is 0 Å². The Morgan fingerprint density at radius 3 is 2.77 bits per heavy atom. The minimum atomic E-state index is -0.213. The molecule has 1 atom stereocenters. The zero-order valence-corrected chi connectivity index (χ0v) is 16.6. The van der Waals surface area contributed by atoms with Gasteiger partial charge in [-0.05, 0) is 49.2 Å². The Balaban J connectivity index is 1.47. The van der Waals surface area contributed by atoms with Crippen LogP contribution in [-0.2, 0) is 0 Å². The standard InChI is InChI=1S/C24H22N4O2/c29-24(19-12-13-20-18(16-19)10-7-14-25-20)28-15-6-2-5-11-21(28)23-27-26-22(30-23)17-8-3-1-4-9-17/h1,3-4,7-10,12-14,16,21H,2,5-6,11,15H2. The summed E-state index contributed by atoms with van der Waals surface area (Å²) >= 11 is 0.